The van der Waals surface area contributed by atoms with E-state index < -0.39 is 17.2 Å². The van der Waals surface area contributed by atoms with Crippen molar-refractivity contribution < 1.29 is 14.3 Å². The lowest BCUT2D eigenvalue weighted by Gasteiger charge is -2.36. The van der Waals surface area contributed by atoms with Crippen molar-refractivity contribution in [2.45, 2.75) is 38.8 Å². The summed E-state index contributed by atoms with van der Waals surface area (Å²) in [6, 6.07) is 7.54. The highest BCUT2D eigenvalue weighted by Gasteiger charge is 2.37. The number of rotatable bonds is 3. The number of nitrogens with zero attached hydrogens (tertiary/aromatic N) is 1. The number of amides is 1. The van der Waals surface area contributed by atoms with E-state index in [1.807, 2.05) is 30.5 Å². The molecule has 1 unspecified atom stereocenters. The minimum absolute atomic E-state index is 0.533. The Labute approximate surface area is 130 Å². The van der Waals surface area contributed by atoms with Crippen molar-refractivity contribution in [3.8, 4) is 0 Å². The van der Waals surface area contributed by atoms with Gasteiger partial charge in [0.15, 0.2) is 0 Å². The van der Waals surface area contributed by atoms with E-state index in [0.717, 1.165) is 22.8 Å². The van der Waals surface area contributed by atoms with Crippen LogP contribution in [0.25, 0.3) is 10.9 Å². The van der Waals surface area contributed by atoms with Crippen molar-refractivity contribution in [2.75, 3.05) is 7.05 Å². The van der Waals surface area contributed by atoms with Gasteiger partial charge in [0.1, 0.15) is 17.4 Å². The van der Waals surface area contributed by atoms with E-state index >= 15 is 0 Å². The number of carbonyl (C=O) groups excluding carboxylic acids is 2. The molecule has 0 spiro atoms. The van der Waals surface area contributed by atoms with E-state index in [-0.39, 0.29) is 0 Å². The number of carbonyl (C=O) groups is 2. The number of likely N-dealkylation sites (N-methyl/N-ethyl adjacent to an activating group) is 1. The third kappa shape index (κ3) is 2.84. The van der Waals surface area contributed by atoms with Gasteiger partial charge in [-0.1, -0.05) is 12.1 Å². The minimum atomic E-state index is -1.11. The van der Waals surface area contributed by atoms with E-state index in [4.69, 9.17) is 4.74 Å². The normalized spacial score (nSPS) is 14.4. The van der Waals surface area contributed by atoms with Crippen LogP contribution in [0.4, 0.5) is 4.79 Å². The van der Waals surface area contributed by atoms with E-state index in [1.54, 1.807) is 34.7 Å². The summed E-state index contributed by atoms with van der Waals surface area (Å²) in [5.74, 6) is 0. The van der Waals surface area contributed by atoms with Crippen LogP contribution < -0.4 is 0 Å². The summed E-state index contributed by atoms with van der Waals surface area (Å²) in [7, 11) is 1.58. The number of benzene rings is 1. The molecule has 0 aliphatic rings. The summed E-state index contributed by atoms with van der Waals surface area (Å²) in [4.78, 5) is 28.6. The first-order valence-corrected chi connectivity index (χ1v) is 7.19. The molecule has 1 aromatic heterocycles. The summed E-state index contributed by atoms with van der Waals surface area (Å²) in [5.41, 5.74) is -0.0445. The number of aromatic amines is 1. The first-order chi connectivity index (χ1) is 10.2. The molecule has 118 valence electrons. The zero-order valence-electron chi connectivity index (χ0n) is 13.6. The SMILES string of the molecule is CN(C(=O)OC(C)(C)C)C(C)(C=O)c1cccc2[nH]ccc12. The molecular formula is C17H22N2O3. The zero-order chi connectivity index (χ0) is 16.5. The molecule has 0 bridgehead atoms. The highest BCUT2D eigenvalue weighted by Crippen LogP contribution is 2.32. The lowest BCUT2D eigenvalue weighted by atomic mass is 9.89. The van der Waals surface area contributed by atoms with Gasteiger partial charge in [-0.2, -0.15) is 0 Å². The maximum atomic E-state index is 12.3. The Morgan fingerprint density at radius 1 is 1.23 bits per heavy atom. The predicted molar refractivity (Wildman–Crippen MR) is 85.7 cm³/mol. The maximum Gasteiger partial charge on any atom is 0.411 e. The fourth-order valence-corrected chi connectivity index (χ4v) is 2.37. The molecule has 0 aliphatic heterocycles. The molecule has 22 heavy (non-hydrogen) atoms. The summed E-state index contributed by atoms with van der Waals surface area (Å²) in [6.07, 6.45) is 2.06. The number of ether oxygens (including phenoxy) is 1. The van der Waals surface area contributed by atoms with Gasteiger partial charge in [-0.05, 0) is 45.4 Å². The number of H-pyrrole nitrogens is 1. The number of fused-ring (bicyclic) bond motifs is 1. The van der Waals surface area contributed by atoms with Crippen molar-refractivity contribution in [1.82, 2.24) is 9.88 Å². The van der Waals surface area contributed by atoms with Gasteiger partial charge in [0, 0.05) is 24.1 Å². The van der Waals surface area contributed by atoms with Crippen LogP contribution in [0.5, 0.6) is 0 Å². The van der Waals surface area contributed by atoms with Gasteiger partial charge < -0.3 is 14.5 Å². The molecule has 1 atom stereocenters. The van der Waals surface area contributed by atoms with Gasteiger partial charge in [0.2, 0.25) is 0 Å². The first kappa shape index (κ1) is 16.1. The molecular weight excluding hydrogens is 280 g/mol. The molecule has 5 nitrogen and oxygen atoms in total. The molecule has 0 saturated heterocycles. The Hall–Kier alpha value is -2.30. The topological polar surface area (TPSA) is 62.4 Å². The van der Waals surface area contributed by atoms with Crippen LogP contribution in [0.15, 0.2) is 30.5 Å². The number of nitrogens with one attached hydrogen (secondary N) is 1. The van der Waals surface area contributed by atoms with Gasteiger partial charge >= 0.3 is 6.09 Å². The smallest absolute Gasteiger partial charge is 0.411 e. The van der Waals surface area contributed by atoms with Gasteiger partial charge in [-0.25, -0.2) is 4.79 Å². The summed E-state index contributed by atoms with van der Waals surface area (Å²) in [5, 5.41) is 0.910. The van der Waals surface area contributed by atoms with Crippen LogP contribution in [-0.2, 0) is 15.1 Å². The molecule has 1 amide bonds. The zero-order valence-corrected chi connectivity index (χ0v) is 13.6. The third-order valence-electron chi connectivity index (χ3n) is 3.73. The quantitative estimate of drug-likeness (QED) is 0.883. The lowest BCUT2D eigenvalue weighted by Crippen LogP contribution is -2.48. The van der Waals surface area contributed by atoms with Crippen molar-refractivity contribution in [3.63, 3.8) is 0 Å². The minimum Gasteiger partial charge on any atom is -0.444 e. The molecule has 2 aromatic rings. The van der Waals surface area contributed by atoms with E-state index in [0.29, 0.717) is 0 Å². The van der Waals surface area contributed by atoms with Gasteiger partial charge in [-0.3, -0.25) is 4.90 Å². The Morgan fingerprint density at radius 3 is 2.50 bits per heavy atom. The molecule has 0 saturated carbocycles. The Bertz CT molecular complexity index is 699. The van der Waals surface area contributed by atoms with Crippen LogP contribution in [0.1, 0.15) is 33.3 Å². The monoisotopic (exact) mass is 302 g/mol. The number of aldehydes is 1. The van der Waals surface area contributed by atoms with Crippen molar-refractivity contribution in [3.05, 3.63) is 36.0 Å². The van der Waals surface area contributed by atoms with Crippen LogP contribution in [0.3, 0.4) is 0 Å². The second-order valence-electron chi connectivity index (χ2n) is 6.55. The number of aromatic nitrogens is 1. The van der Waals surface area contributed by atoms with Gasteiger partial charge in [0.05, 0.1) is 0 Å². The molecule has 5 heteroatoms. The second-order valence-corrected chi connectivity index (χ2v) is 6.55. The van der Waals surface area contributed by atoms with Gasteiger partial charge in [0.25, 0.3) is 0 Å². The van der Waals surface area contributed by atoms with Crippen molar-refractivity contribution in [1.29, 1.82) is 0 Å². The number of hydrogen-bond donors (Lipinski definition) is 1. The Morgan fingerprint density at radius 2 is 1.91 bits per heavy atom. The first-order valence-electron chi connectivity index (χ1n) is 7.19. The maximum absolute atomic E-state index is 12.3. The van der Waals surface area contributed by atoms with Crippen LogP contribution >= 0.6 is 0 Å². The van der Waals surface area contributed by atoms with E-state index in [2.05, 4.69) is 4.98 Å². The largest absolute Gasteiger partial charge is 0.444 e. The molecule has 1 N–H and O–H groups in total. The standard InChI is InChI=1S/C17H22N2O3/c1-16(2,3)22-15(21)19(5)17(4,11-20)13-7-6-8-14-12(13)9-10-18-14/h6-11,18H,1-5H3. The van der Waals surface area contributed by atoms with E-state index in [1.165, 1.54) is 4.90 Å². The van der Waals surface area contributed by atoms with Crippen LogP contribution in [0.2, 0.25) is 0 Å². The average molecular weight is 302 g/mol. The Balaban J connectivity index is 2.46. The Kier molecular flexibility index (Phi) is 4.00. The average Bonchev–Trinajstić information content (AvgIpc) is 2.91. The van der Waals surface area contributed by atoms with E-state index in [9.17, 15) is 9.59 Å². The predicted octanol–water partition coefficient (Wildman–Crippen LogP) is 3.45. The lowest BCUT2D eigenvalue weighted by molar-refractivity contribution is -0.117. The number of hydrogen-bond acceptors (Lipinski definition) is 3. The summed E-state index contributed by atoms with van der Waals surface area (Å²) < 4.78 is 5.38. The summed E-state index contributed by atoms with van der Waals surface area (Å²) >= 11 is 0. The molecule has 2 rings (SSSR count). The van der Waals surface area contributed by atoms with Crippen molar-refractivity contribution in [2.24, 2.45) is 0 Å². The molecule has 0 radical (unpaired) electrons. The van der Waals surface area contributed by atoms with Gasteiger partial charge in [-0.15, -0.1) is 0 Å². The highest BCUT2D eigenvalue weighted by molar-refractivity contribution is 5.89. The molecule has 1 heterocycles. The summed E-state index contributed by atoms with van der Waals surface area (Å²) in [6.45, 7) is 7.10. The van der Waals surface area contributed by atoms with Crippen molar-refractivity contribution >= 4 is 23.3 Å². The highest BCUT2D eigenvalue weighted by atomic mass is 16.6. The van der Waals surface area contributed by atoms with Crippen LogP contribution in [0, 0.1) is 0 Å². The third-order valence-corrected chi connectivity index (χ3v) is 3.73. The molecule has 0 aliphatic carbocycles. The molecule has 1 aromatic carbocycles. The fraction of sp³-hybridized carbons (Fsp3) is 0.412. The second kappa shape index (κ2) is 5.48. The molecule has 0 fully saturated rings. The van der Waals surface area contributed by atoms with Crippen LogP contribution in [-0.4, -0.2) is 34.9 Å². The fourth-order valence-electron chi connectivity index (χ4n) is 2.37.